The SMILES string of the molecule is CCNc1nc(-c2ccc(C)cc2Br)nc2c1CSC2. The standard InChI is InChI=1S/C15H16BrN3S/c1-3-17-14-11-7-20-8-13(11)18-15(19-14)10-5-4-9(2)6-12(10)16/h4-6H,3,7-8H2,1-2H3,(H,17,18,19). The largest absolute Gasteiger partial charge is 0.370 e. The lowest BCUT2D eigenvalue weighted by Crippen LogP contribution is -2.06. The van der Waals surface area contributed by atoms with Gasteiger partial charge in [0.2, 0.25) is 0 Å². The lowest BCUT2D eigenvalue weighted by atomic mass is 10.1. The lowest BCUT2D eigenvalue weighted by molar-refractivity contribution is 1.05. The van der Waals surface area contributed by atoms with Crippen molar-refractivity contribution in [1.82, 2.24) is 9.97 Å². The van der Waals surface area contributed by atoms with Crippen LogP contribution in [0.4, 0.5) is 5.82 Å². The van der Waals surface area contributed by atoms with Gasteiger partial charge in [0.15, 0.2) is 5.82 Å². The number of rotatable bonds is 3. The minimum absolute atomic E-state index is 0.800. The van der Waals surface area contributed by atoms with Crippen molar-refractivity contribution in [1.29, 1.82) is 0 Å². The molecule has 0 radical (unpaired) electrons. The van der Waals surface area contributed by atoms with Crippen molar-refractivity contribution in [3.8, 4) is 11.4 Å². The molecule has 2 aromatic rings. The molecule has 0 unspecified atom stereocenters. The molecule has 3 nitrogen and oxygen atoms in total. The third-order valence-corrected chi connectivity index (χ3v) is 4.91. The molecule has 1 aliphatic rings. The van der Waals surface area contributed by atoms with Crippen LogP contribution in [0.1, 0.15) is 23.7 Å². The van der Waals surface area contributed by atoms with Gasteiger partial charge < -0.3 is 5.32 Å². The first-order valence-corrected chi connectivity index (χ1v) is 8.61. The van der Waals surface area contributed by atoms with Crippen molar-refractivity contribution in [3.63, 3.8) is 0 Å². The Morgan fingerprint density at radius 3 is 2.90 bits per heavy atom. The topological polar surface area (TPSA) is 37.8 Å². The summed E-state index contributed by atoms with van der Waals surface area (Å²) in [6.07, 6.45) is 0. The zero-order valence-electron chi connectivity index (χ0n) is 11.5. The summed E-state index contributed by atoms with van der Waals surface area (Å²) in [5, 5.41) is 3.37. The molecule has 1 N–H and O–H groups in total. The van der Waals surface area contributed by atoms with Gasteiger partial charge in [-0.15, -0.1) is 0 Å². The maximum Gasteiger partial charge on any atom is 0.162 e. The molecule has 0 saturated carbocycles. The Morgan fingerprint density at radius 2 is 2.15 bits per heavy atom. The minimum Gasteiger partial charge on any atom is -0.370 e. The van der Waals surface area contributed by atoms with Crippen LogP contribution < -0.4 is 5.32 Å². The molecular formula is C15H16BrN3S. The van der Waals surface area contributed by atoms with Crippen molar-refractivity contribution >= 4 is 33.5 Å². The minimum atomic E-state index is 0.800. The van der Waals surface area contributed by atoms with Gasteiger partial charge in [0.05, 0.1) is 5.69 Å². The van der Waals surface area contributed by atoms with Crippen LogP contribution in [0.5, 0.6) is 0 Å². The van der Waals surface area contributed by atoms with Crippen LogP contribution >= 0.6 is 27.7 Å². The van der Waals surface area contributed by atoms with Gasteiger partial charge in [-0.3, -0.25) is 0 Å². The van der Waals surface area contributed by atoms with Gasteiger partial charge in [0.1, 0.15) is 5.82 Å². The van der Waals surface area contributed by atoms with Gasteiger partial charge in [0, 0.05) is 33.7 Å². The fourth-order valence-electron chi connectivity index (χ4n) is 2.29. The predicted molar refractivity (Wildman–Crippen MR) is 89.1 cm³/mol. The molecule has 1 aromatic heterocycles. The van der Waals surface area contributed by atoms with Gasteiger partial charge in [-0.05, 0) is 31.5 Å². The van der Waals surface area contributed by atoms with Crippen LogP contribution in [0.15, 0.2) is 22.7 Å². The van der Waals surface area contributed by atoms with Crippen LogP contribution in [-0.4, -0.2) is 16.5 Å². The molecule has 104 valence electrons. The van der Waals surface area contributed by atoms with Gasteiger partial charge >= 0.3 is 0 Å². The van der Waals surface area contributed by atoms with E-state index in [9.17, 15) is 0 Å². The Labute approximate surface area is 131 Å². The Bertz CT molecular complexity index is 658. The highest BCUT2D eigenvalue weighted by molar-refractivity contribution is 9.10. The number of nitrogens with zero attached hydrogens (tertiary/aromatic N) is 2. The first kappa shape index (κ1) is 13.9. The number of thioether (sulfide) groups is 1. The van der Waals surface area contributed by atoms with Crippen LogP contribution in [0.3, 0.4) is 0 Å². The number of aryl methyl sites for hydroxylation is 1. The highest BCUT2D eigenvalue weighted by Gasteiger charge is 2.20. The van der Waals surface area contributed by atoms with E-state index in [1.54, 1.807) is 0 Å². The number of aromatic nitrogens is 2. The molecule has 1 aromatic carbocycles. The van der Waals surface area contributed by atoms with Crippen LogP contribution in [-0.2, 0) is 11.5 Å². The Morgan fingerprint density at radius 1 is 1.30 bits per heavy atom. The number of anilines is 1. The number of nitrogens with one attached hydrogen (secondary N) is 1. The van der Waals surface area contributed by atoms with Crippen molar-refractivity contribution in [2.45, 2.75) is 25.4 Å². The molecule has 20 heavy (non-hydrogen) atoms. The van der Waals surface area contributed by atoms with E-state index >= 15 is 0 Å². The average molecular weight is 350 g/mol. The normalized spacial score (nSPS) is 13.3. The number of fused-ring (bicyclic) bond motifs is 1. The molecule has 1 aliphatic heterocycles. The molecule has 0 fully saturated rings. The summed E-state index contributed by atoms with van der Waals surface area (Å²) in [4.78, 5) is 9.48. The molecule has 2 heterocycles. The molecular weight excluding hydrogens is 334 g/mol. The maximum absolute atomic E-state index is 4.75. The van der Waals surface area contributed by atoms with Crippen LogP contribution in [0.25, 0.3) is 11.4 Å². The summed E-state index contributed by atoms with van der Waals surface area (Å²) in [7, 11) is 0. The van der Waals surface area contributed by atoms with Gasteiger partial charge in [-0.1, -0.05) is 22.0 Å². The summed E-state index contributed by atoms with van der Waals surface area (Å²) in [6.45, 7) is 5.06. The van der Waals surface area contributed by atoms with E-state index in [0.29, 0.717) is 0 Å². The molecule has 0 spiro atoms. The second-order valence-corrected chi connectivity index (χ2v) is 6.67. The third-order valence-electron chi connectivity index (χ3n) is 3.29. The Balaban J connectivity index is 2.12. The molecule has 0 bridgehead atoms. The summed E-state index contributed by atoms with van der Waals surface area (Å²) in [5.74, 6) is 3.78. The predicted octanol–water partition coefficient (Wildman–Crippen LogP) is 4.39. The first-order chi connectivity index (χ1) is 9.69. The third kappa shape index (κ3) is 2.56. The molecule has 5 heteroatoms. The van der Waals surface area contributed by atoms with E-state index in [1.807, 2.05) is 11.8 Å². The van der Waals surface area contributed by atoms with Gasteiger partial charge in [-0.2, -0.15) is 11.8 Å². The van der Waals surface area contributed by atoms with E-state index in [1.165, 1.54) is 16.8 Å². The van der Waals surface area contributed by atoms with Crippen molar-refractivity contribution in [2.75, 3.05) is 11.9 Å². The highest BCUT2D eigenvalue weighted by atomic mass is 79.9. The van der Waals surface area contributed by atoms with Crippen molar-refractivity contribution < 1.29 is 0 Å². The molecule has 0 aliphatic carbocycles. The summed E-state index contributed by atoms with van der Waals surface area (Å²) < 4.78 is 1.05. The quantitative estimate of drug-likeness (QED) is 0.891. The van der Waals surface area contributed by atoms with Crippen molar-refractivity contribution in [3.05, 3.63) is 39.5 Å². The molecule has 3 rings (SSSR count). The van der Waals surface area contributed by atoms with E-state index in [4.69, 9.17) is 9.97 Å². The smallest absolute Gasteiger partial charge is 0.162 e. The van der Waals surface area contributed by atoms with Crippen LogP contribution in [0.2, 0.25) is 0 Å². The lowest BCUT2D eigenvalue weighted by Gasteiger charge is -2.11. The number of halogens is 1. The summed E-state index contributed by atoms with van der Waals surface area (Å²) in [6, 6.07) is 6.28. The Kier molecular flexibility index (Phi) is 3.98. The molecule has 0 amide bonds. The fourth-order valence-corrected chi connectivity index (χ4v) is 4.00. The average Bonchev–Trinajstić information content (AvgIpc) is 2.87. The first-order valence-electron chi connectivity index (χ1n) is 6.67. The second-order valence-electron chi connectivity index (χ2n) is 4.83. The number of hydrogen-bond donors (Lipinski definition) is 1. The fraction of sp³-hybridized carbons (Fsp3) is 0.333. The summed E-state index contributed by atoms with van der Waals surface area (Å²) >= 11 is 5.52. The number of hydrogen-bond acceptors (Lipinski definition) is 4. The zero-order valence-corrected chi connectivity index (χ0v) is 13.9. The molecule has 0 atom stereocenters. The van der Waals surface area contributed by atoms with E-state index in [-0.39, 0.29) is 0 Å². The number of benzene rings is 1. The van der Waals surface area contributed by atoms with Gasteiger partial charge in [0.25, 0.3) is 0 Å². The van der Waals surface area contributed by atoms with Gasteiger partial charge in [-0.25, -0.2) is 9.97 Å². The van der Waals surface area contributed by atoms with Crippen LogP contribution in [0, 0.1) is 6.92 Å². The molecule has 0 saturated heterocycles. The second kappa shape index (κ2) is 5.74. The van der Waals surface area contributed by atoms with Crippen molar-refractivity contribution in [2.24, 2.45) is 0 Å². The maximum atomic E-state index is 4.75. The monoisotopic (exact) mass is 349 g/mol. The highest BCUT2D eigenvalue weighted by Crippen LogP contribution is 2.35. The summed E-state index contributed by atoms with van der Waals surface area (Å²) in [5.41, 5.74) is 4.71. The van der Waals surface area contributed by atoms with E-state index < -0.39 is 0 Å². The van der Waals surface area contributed by atoms with E-state index in [0.717, 1.165) is 39.7 Å². The zero-order chi connectivity index (χ0) is 14.1. The van der Waals surface area contributed by atoms with E-state index in [2.05, 4.69) is 53.3 Å². The Hall–Kier alpha value is -1.07.